The highest BCUT2D eigenvalue weighted by atomic mass is 32.2. The maximum absolute atomic E-state index is 13.6. The number of benzene rings is 4. The number of hydrogen-bond acceptors (Lipinski definition) is 18. The minimum atomic E-state index is -5.30. The molecular formula is C49H56N3O18S5-3. The van der Waals surface area contributed by atoms with Crippen LogP contribution in [0.25, 0.3) is 21.5 Å². The van der Waals surface area contributed by atoms with Crippen molar-refractivity contribution < 1.29 is 84.3 Å². The molecule has 1 unspecified atom stereocenters. The number of sulfonamides is 1. The molecular weight excluding hydrogens is 1080 g/mol. The average molecular weight is 1140 g/mol. The van der Waals surface area contributed by atoms with Gasteiger partial charge >= 0.3 is 5.97 Å². The van der Waals surface area contributed by atoms with Crippen LogP contribution in [0.15, 0.2) is 116 Å². The van der Waals surface area contributed by atoms with Crippen molar-refractivity contribution in [1.82, 2.24) is 4.72 Å². The van der Waals surface area contributed by atoms with E-state index in [1.807, 2.05) is 9.48 Å². The number of nitrogens with zero attached hydrogens (tertiary/aromatic N) is 2. The first-order valence-electron chi connectivity index (χ1n) is 23.3. The lowest BCUT2D eigenvalue weighted by molar-refractivity contribution is -0.438. The van der Waals surface area contributed by atoms with Crippen molar-refractivity contribution in [2.24, 2.45) is 0 Å². The van der Waals surface area contributed by atoms with Gasteiger partial charge < -0.3 is 37.7 Å². The first kappa shape index (κ1) is 59.0. The Morgan fingerprint density at radius 2 is 1.28 bits per heavy atom. The van der Waals surface area contributed by atoms with Crippen LogP contribution >= 0.6 is 0 Å². The van der Waals surface area contributed by atoms with Crippen LogP contribution in [0.4, 0.5) is 11.4 Å². The summed E-state index contributed by atoms with van der Waals surface area (Å²) in [6.45, 7) is 5.82. The molecule has 4 aromatic carbocycles. The fraction of sp³-hybridized carbons (Fsp3) is 0.388. The number of rotatable bonds is 25. The van der Waals surface area contributed by atoms with Crippen molar-refractivity contribution in [2.45, 2.75) is 89.7 Å². The second-order valence-corrected chi connectivity index (χ2v) is 26.0. The van der Waals surface area contributed by atoms with Crippen LogP contribution in [0.1, 0.15) is 70.4 Å². The van der Waals surface area contributed by atoms with Gasteiger partial charge in [0.1, 0.15) is 36.9 Å². The lowest BCUT2D eigenvalue weighted by atomic mass is 9.75. The van der Waals surface area contributed by atoms with Gasteiger partial charge in [0.2, 0.25) is 15.7 Å². The predicted molar refractivity (Wildman–Crippen MR) is 274 cm³/mol. The average Bonchev–Trinajstić information content (AvgIpc) is 3.67. The van der Waals surface area contributed by atoms with E-state index < -0.39 is 92.6 Å². The Bertz CT molecular complexity index is 3660. The number of carboxylic acids is 1. The van der Waals surface area contributed by atoms with Crippen molar-refractivity contribution in [3.8, 4) is 0 Å². The van der Waals surface area contributed by atoms with Crippen LogP contribution in [0.3, 0.4) is 0 Å². The van der Waals surface area contributed by atoms with Crippen LogP contribution in [0, 0.1) is 0 Å². The molecule has 0 bridgehead atoms. The summed E-state index contributed by atoms with van der Waals surface area (Å²) in [6, 6.07) is 9.57. The van der Waals surface area contributed by atoms with E-state index in [4.69, 9.17) is 9.47 Å². The van der Waals surface area contributed by atoms with Gasteiger partial charge in [-0.25, -0.2) is 46.8 Å². The Morgan fingerprint density at radius 1 is 0.693 bits per heavy atom. The molecule has 26 heteroatoms. The minimum absolute atomic E-state index is 0.0188. The van der Waals surface area contributed by atoms with Gasteiger partial charge in [-0.2, -0.15) is 4.58 Å². The van der Waals surface area contributed by atoms with E-state index in [2.05, 4.69) is 4.72 Å². The first-order valence-corrected chi connectivity index (χ1v) is 30.5. The number of carboxylic acid groups (broad SMARTS) is 1. The number of allylic oxidation sites excluding steroid dienone is 8. The molecule has 1 atom stereocenters. The largest absolute Gasteiger partial charge is 0.748 e. The van der Waals surface area contributed by atoms with Gasteiger partial charge in [-0.05, 0) is 111 Å². The molecule has 6 rings (SSSR count). The van der Waals surface area contributed by atoms with E-state index in [1.165, 1.54) is 32.4 Å². The second kappa shape index (κ2) is 22.8. The predicted octanol–water partition coefficient (Wildman–Crippen LogP) is 4.95. The number of fused-ring (bicyclic) bond motifs is 6. The van der Waals surface area contributed by atoms with E-state index in [0.717, 1.165) is 12.1 Å². The van der Waals surface area contributed by atoms with Gasteiger partial charge in [0.15, 0.2) is 5.71 Å². The zero-order valence-electron chi connectivity index (χ0n) is 41.5. The summed E-state index contributed by atoms with van der Waals surface area (Å²) < 4.78 is 190. The van der Waals surface area contributed by atoms with E-state index in [-0.39, 0.29) is 67.1 Å². The molecule has 0 saturated heterocycles. The van der Waals surface area contributed by atoms with E-state index in [0.29, 0.717) is 65.8 Å². The number of hydrogen-bond donors (Lipinski definition) is 2. The molecule has 0 radical (unpaired) electrons. The number of ether oxygens (including phenoxy) is 2. The topological polar surface area (TPSA) is 337 Å². The molecule has 21 nitrogen and oxygen atoms in total. The fourth-order valence-corrected chi connectivity index (χ4v) is 13.6. The van der Waals surface area contributed by atoms with Gasteiger partial charge in [-0.15, -0.1) is 0 Å². The van der Waals surface area contributed by atoms with E-state index >= 15 is 0 Å². The summed E-state index contributed by atoms with van der Waals surface area (Å²) in [5.74, 6) is -1.71. The van der Waals surface area contributed by atoms with Crippen LogP contribution in [-0.2, 0) is 75.6 Å². The van der Waals surface area contributed by atoms with Crippen LogP contribution in [0.2, 0.25) is 0 Å². The zero-order valence-corrected chi connectivity index (χ0v) is 45.6. The Balaban J connectivity index is 1.45. The highest BCUT2D eigenvalue weighted by Crippen LogP contribution is 2.54. The monoisotopic (exact) mass is 1130 g/mol. The molecule has 2 heterocycles. The number of methoxy groups -OCH3 is 2. The SMILES string of the molecule is COCCNS(=O)(=O)c1cc(S(=O)(=O)[O-])c2ccc3c(c2c1)C(C)(CCCS(=O)(=O)[O-])\C(=C/C=C/C=C/C=C/C1=[N+](CCCCCC(=O)O)c2ccc4c(S(=O)(=O)[O-])cc(S(=O)(=O)[O-])cc4c2C1(C)C)N3CCOC. The third-order valence-corrected chi connectivity index (χ3v) is 18.0. The molecule has 408 valence electrons. The molecule has 2 aliphatic heterocycles. The molecule has 75 heavy (non-hydrogen) atoms. The smallest absolute Gasteiger partial charge is 0.303 e. The molecule has 0 saturated carbocycles. The van der Waals surface area contributed by atoms with Gasteiger partial charge in [0.25, 0.3) is 0 Å². The molecule has 2 N–H and O–H groups in total. The van der Waals surface area contributed by atoms with Gasteiger partial charge in [-0.1, -0.05) is 36.4 Å². The maximum Gasteiger partial charge on any atom is 0.303 e. The Morgan fingerprint density at radius 3 is 1.88 bits per heavy atom. The normalized spacial score (nSPS) is 18.0. The van der Waals surface area contributed by atoms with Gasteiger partial charge in [-0.3, -0.25) is 4.79 Å². The fourth-order valence-electron chi connectivity index (χ4n) is 9.94. The zero-order chi connectivity index (χ0) is 55.5. The number of nitrogens with one attached hydrogen (secondary N) is 1. The second-order valence-electron chi connectivity index (χ2n) is 18.6. The quantitative estimate of drug-likeness (QED) is 0.0383. The van der Waals surface area contributed by atoms with Gasteiger partial charge in [0.05, 0.1) is 48.3 Å². The Kier molecular flexibility index (Phi) is 17.9. The highest BCUT2D eigenvalue weighted by Gasteiger charge is 2.47. The summed E-state index contributed by atoms with van der Waals surface area (Å²) in [6.07, 6.45) is 13.1. The summed E-state index contributed by atoms with van der Waals surface area (Å²) in [7, 11) is -22.1. The van der Waals surface area contributed by atoms with Crippen LogP contribution in [-0.4, -0.2) is 134 Å². The summed E-state index contributed by atoms with van der Waals surface area (Å²) >= 11 is 0. The van der Waals surface area contributed by atoms with E-state index in [1.54, 1.807) is 75.4 Å². The Hall–Kier alpha value is -5.23. The lowest BCUT2D eigenvalue weighted by Crippen LogP contribution is -2.31. The van der Waals surface area contributed by atoms with Crippen LogP contribution in [0.5, 0.6) is 0 Å². The summed E-state index contributed by atoms with van der Waals surface area (Å²) in [5, 5.41) is 9.16. The number of unbranched alkanes of at least 4 members (excludes halogenated alkanes) is 2. The number of aliphatic carboxylic acids is 1. The van der Waals surface area contributed by atoms with Crippen LogP contribution < -0.4 is 9.62 Å². The minimum Gasteiger partial charge on any atom is -0.748 e. The third-order valence-electron chi connectivity index (χ3n) is 13.2. The molecule has 0 aliphatic carbocycles. The molecule has 0 spiro atoms. The van der Waals surface area contributed by atoms with Crippen molar-refractivity contribution in [1.29, 1.82) is 0 Å². The number of carbonyl (C=O) groups is 1. The van der Waals surface area contributed by atoms with Crippen molar-refractivity contribution >= 4 is 95.1 Å². The van der Waals surface area contributed by atoms with E-state index in [9.17, 15) is 70.2 Å². The molecule has 4 aromatic rings. The standard InChI is InChI=1S/C49H59N3O18S5/c1-48(2)43(51(24-13-9-12-17-45(53)54)39-20-18-35-37(46(39)48)30-34(73(60,61)62)32-42(35)75(66,67)68)15-10-7-6-8-11-16-44-49(3,22-14-28-71(55,56)57)47-38-29-33(72(58,59)50-23-26-69-4)31-41(74(63,64)65)36(38)19-21-40(47)52(44)25-27-70-5/h6-8,10-11,15-16,18-21,29-32,50H,9,12-14,17,22-28H2,1-5H3,(H4-,53,54,55,56,57,60,61,62,63,64,65,66,67,68)/p-3. The van der Waals surface area contributed by atoms with Gasteiger partial charge in [0, 0.05) is 85.8 Å². The van der Waals surface area contributed by atoms with Crippen molar-refractivity contribution in [2.75, 3.05) is 57.7 Å². The molecule has 2 aliphatic rings. The van der Waals surface area contributed by atoms with Crippen molar-refractivity contribution in [3.05, 3.63) is 108 Å². The summed E-state index contributed by atoms with van der Waals surface area (Å²) in [5.41, 5.74) is 0.722. The Labute approximate surface area is 437 Å². The highest BCUT2D eigenvalue weighted by molar-refractivity contribution is 7.89. The third kappa shape index (κ3) is 13.1. The van der Waals surface area contributed by atoms with Crippen molar-refractivity contribution in [3.63, 3.8) is 0 Å². The maximum atomic E-state index is 13.6. The lowest BCUT2D eigenvalue weighted by Gasteiger charge is -2.31. The first-order chi connectivity index (χ1) is 34.9. The molecule has 0 amide bonds. The summed E-state index contributed by atoms with van der Waals surface area (Å²) in [4.78, 5) is 9.95. The number of anilines is 1. The molecule has 0 aromatic heterocycles. The molecule has 0 fully saturated rings.